The SMILES string of the molecule is CC(NCCc1ccccc1)c1csc(Cl)c1. The van der Waals surface area contributed by atoms with Gasteiger partial charge in [-0.15, -0.1) is 11.3 Å². The summed E-state index contributed by atoms with van der Waals surface area (Å²) in [5.74, 6) is 0. The molecule has 0 aliphatic heterocycles. The zero-order valence-electron chi connectivity index (χ0n) is 9.82. The Kier molecular flexibility index (Phi) is 4.60. The van der Waals surface area contributed by atoms with Crippen LogP contribution in [0, 0.1) is 0 Å². The Morgan fingerprint density at radius 2 is 2.06 bits per heavy atom. The Hall–Kier alpha value is -0.830. The van der Waals surface area contributed by atoms with Crippen molar-refractivity contribution in [2.24, 2.45) is 0 Å². The molecule has 1 heterocycles. The molecule has 0 bridgehead atoms. The topological polar surface area (TPSA) is 12.0 Å². The summed E-state index contributed by atoms with van der Waals surface area (Å²) in [6.07, 6.45) is 1.06. The molecule has 1 nitrogen and oxygen atoms in total. The Balaban J connectivity index is 1.79. The van der Waals surface area contributed by atoms with Crippen molar-refractivity contribution in [3.63, 3.8) is 0 Å². The van der Waals surface area contributed by atoms with Crippen LogP contribution in [0.1, 0.15) is 24.1 Å². The molecule has 3 heteroatoms. The fourth-order valence-corrected chi connectivity index (χ4v) is 2.73. The van der Waals surface area contributed by atoms with Crippen molar-refractivity contribution in [2.75, 3.05) is 6.54 Å². The maximum atomic E-state index is 5.93. The number of hydrogen-bond donors (Lipinski definition) is 1. The van der Waals surface area contributed by atoms with Gasteiger partial charge in [0.1, 0.15) is 0 Å². The van der Waals surface area contributed by atoms with Gasteiger partial charge in [0.25, 0.3) is 0 Å². The zero-order chi connectivity index (χ0) is 12.1. The summed E-state index contributed by atoms with van der Waals surface area (Å²) in [4.78, 5) is 0. The normalized spacial score (nSPS) is 12.6. The lowest BCUT2D eigenvalue weighted by Gasteiger charge is -2.12. The van der Waals surface area contributed by atoms with E-state index in [-0.39, 0.29) is 0 Å². The molecule has 1 aromatic heterocycles. The Labute approximate surface area is 111 Å². The van der Waals surface area contributed by atoms with Gasteiger partial charge in [0.05, 0.1) is 4.34 Å². The van der Waals surface area contributed by atoms with Gasteiger partial charge in [0.15, 0.2) is 0 Å². The smallest absolute Gasteiger partial charge is 0.0931 e. The van der Waals surface area contributed by atoms with Crippen molar-refractivity contribution in [1.82, 2.24) is 5.32 Å². The quantitative estimate of drug-likeness (QED) is 0.850. The van der Waals surface area contributed by atoms with Gasteiger partial charge in [0, 0.05) is 6.04 Å². The lowest BCUT2D eigenvalue weighted by molar-refractivity contribution is 0.578. The summed E-state index contributed by atoms with van der Waals surface area (Å²) >= 11 is 7.51. The number of benzene rings is 1. The van der Waals surface area contributed by atoms with E-state index in [2.05, 4.69) is 41.9 Å². The second-order valence-corrected chi connectivity index (χ2v) is 5.64. The molecule has 1 unspecified atom stereocenters. The van der Waals surface area contributed by atoms with Crippen LogP contribution >= 0.6 is 22.9 Å². The van der Waals surface area contributed by atoms with Crippen LogP contribution in [0.3, 0.4) is 0 Å². The van der Waals surface area contributed by atoms with E-state index in [4.69, 9.17) is 11.6 Å². The van der Waals surface area contributed by atoms with Crippen molar-refractivity contribution < 1.29 is 0 Å². The van der Waals surface area contributed by atoms with E-state index in [9.17, 15) is 0 Å². The summed E-state index contributed by atoms with van der Waals surface area (Å²) in [7, 11) is 0. The second kappa shape index (κ2) is 6.20. The molecule has 0 amide bonds. The van der Waals surface area contributed by atoms with Crippen LogP contribution in [-0.2, 0) is 6.42 Å². The highest BCUT2D eigenvalue weighted by atomic mass is 35.5. The minimum Gasteiger partial charge on any atom is -0.310 e. The largest absolute Gasteiger partial charge is 0.310 e. The maximum absolute atomic E-state index is 5.93. The Morgan fingerprint density at radius 3 is 2.71 bits per heavy atom. The lowest BCUT2D eigenvalue weighted by atomic mass is 10.1. The number of hydrogen-bond acceptors (Lipinski definition) is 2. The molecule has 0 radical (unpaired) electrons. The average Bonchev–Trinajstić information content (AvgIpc) is 2.77. The minimum absolute atomic E-state index is 0.363. The first kappa shape index (κ1) is 12.6. The molecule has 2 rings (SSSR count). The fourth-order valence-electron chi connectivity index (χ4n) is 1.75. The van der Waals surface area contributed by atoms with Gasteiger partial charge in [0.2, 0.25) is 0 Å². The van der Waals surface area contributed by atoms with Gasteiger partial charge in [-0.25, -0.2) is 0 Å². The molecule has 1 atom stereocenters. The highest BCUT2D eigenvalue weighted by molar-refractivity contribution is 7.14. The van der Waals surface area contributed by atoms with Crippen molar-refractivity contribution in [3.8, 4) is 0 Å². The fraction of sp³-hybridized carbons (Fsp3) is 0.286. The van der Waals surface area contributed by atoms with E-state index in [1.165, 1.54) is 11.1 Å². The third-order valence-electron chi connectivity index (χ3n) is 2.79. The maximum Gasteiger partial charge on any atom is 0.0931 e. The van der Waals surface area contributed by atoms with Crippen molar-refractivity contribution >= 4 is 22.9 Å². The molecule has 0 aliphatic rings. The molecule has 0 spiro atoms. The molecule has 0 fully saturated rings. The monoisotopic (exact) mass is 265 g/mol. The van der Waals surface area contributed by atoms with E-state index in [0.29, 0.717) is 6.04 Å². The second-order valence-electron chi connectivity index (χ2n) is 4.10. The molecule has 0 saturated carbocycles. The van der Waals surface area contributed by atoms with Crippen molar-refractivity contribution in [1.29, 1.82) is 0 Å². The molecule has 1 N–H and O–H groups in total. The molecule has 0 saturated heterocycles. The van der Waals surface area contributed by atoms with Crippen LogP contribution < -0.4 is 5.32 Å². The van der Waals surface area contributed by atoms with Crippen LogP contribution in [0.5, 0.6) is 0 Å². The van der Waals surface area contributed by atoms with Gasteiger partial charge in [-0.3, -0.25) is 0 Å². The molecular weight excluding hydrogens is 250 g/mol. The van der Waals surface area contributed by atoms with Crippen LogP contribution in [-0.4, -0.2) is 6.54 Å². The zero-order valence-corrected chi connectivity index (χ0v) is 11.4. The van der Waals surface area contributed by atoms with Gasteiger partial charge in [-0.05, 0) is 42.5 Å². The standard InChI is InChI=1S/C14H16ClNS/c1-11(13-9-14(15)17-10-13)16-8-7-12-5-3-2-4-6-12/h2-6,9-11,16H,7-8H2,1H3. The molecule has 17 heavy (non-hydrogen) atoms. The highest BCUT2D eigenvalue weighted by Gasteiger charge is 2.06. The summed E-state index contributed by atoms with van der Waals surface area (Å²) in [5, 5.41) is 5.62. The van der Waals surface area contributed by atoms with Crippen molar-refractivity contribution in [3.05, 3.63) is 57.2 Å². The van der Waals surface area contributed by atoms with E-state index >= 15 is 0 Å². The first-order valence-corrected chi connectivity index (χ1v) is 7.02. The van der Waals surface area contributed by atoms with Gasteiger partial charge in [-0.1, -0.05) is 41.9 Å². The van der Waals surface area contributed by atoms with Crippen LogP contribution in [0.15, 0.2) is 41.8 Å². The minimum atomic E-state index is 0.363. The van der Waals surface area contributed by atoms with E-state index in [0.717, 1.165) is 17.3 Å². The predicted octanol–water partition coefficient (Wildman–Crippen LogP) is 4.29. The summed E-state index contributed by atoms with van der Waals surface area (Å²) in [6, 6.07) is 12.9. The summed E-state index contributed by atoms with van der Waals surface area (Å²) < 4.78 is 0.858. The third kappa shape index (κ3) is 3.84. The van der Waals surface area contributed by atoms with Gasteiger partial charge in [-0.2, -0.15) is 0 Å². The van der Waals surface area contributed by atoms with E-state index in [1.54, 1.807) is 11.3 Å². The van der Waals surface area contributed by atoms with Gasteiger partial charge < -0.3 is 5.32 Å². The third-order valence-corrected chi connectivity index (χ3v) is 3.90. The van der Waals surface area contributed by atoms with E-state index < -0.39 is 0 Å². The molecule has 2 aromatic rings. The number of rotatable bonds is 5. The average molecular weight is 266 g/mol. The number of halogens is 1. The molecule has 0 aliphatic carbocycles. The Bertz CT molecular complexity index is 452. The molecule has 1 aromatic carbocycles. The predicted molar refractivity (Wildman–Crippen MR) is 75.9 cm³/mol. The first-order valence-electron chi connectivity index (χ1n) is 5.77. The molecular formula is C14H16ClNS. The summed E-state index contributed by atoms with van der Waals surface area (Å²) in [5.41, 5.74) is 2.64. The number of nitrogens with one attached hydrogen (secondary N) is 1. The number of thiophene rings is 1. The molecule has 90 valence electrons. The van der Waals surface area contributed by atoms with Gasteiger partial charge >= 0.3 is 0 Å². The highest BCUT2D eigenvalue weighted by Crippen LogP contribution is 2.24. The van der Waals surface area contributed by atoms with Crippen LogP contribution in [0.25, 0.3) is 0 Å². The van der Waals surface area contributed by atoms with Crippen LogP contribution in [0.4, 0.5) is 0 Å². The first-order chi connectivity index (χ1) is 8.25. The van der Waals surface area contributed by atoms with Crippen molar-refractivity contribution in [2.45, 2.75) is 19.4 Å². The van der Waals surface area contributed by atoms with Crippen LogP contribution in [0.2, 0.25) is 4.34 Å². The Morgan fingerprint density at radius 1 is 1.29 bits per heavy atom. The lowest BCUT2D eigenvalue weighted by Crippen LogP contribution is -2.20. The van der Waals surface area contributed by atoms with E-state index in [1.807, 2.05) is 12.1 Å². The summed E-state index contributed by atoms with van der Waals surface area (Å²) in [6.45, 7) is 3.15.